The topological polar surface area (TPSA) is 51.8 Å². The molecule has 0 saturated heterocycles. The number of nitrogens with zero attached hydrogens (tertiary/aromatic N) is 2. The van der Waals surface area contributed by atoms with Crippen molar-refractivity contribution in [2.45, 2.75) is 6.92 Å². The minimum Gasteiger partial charge on any atom is -0.383 e. The molecule has 0 fully saturated rings. The van der Waals surface area contributed by atoms with Gasteiger partial charge >= 0.3 is 0 Å². The first-order valence-electron chi connectivity index (χ1n) is 3.90. The van der Waals surface area contributed by atoms with Crippen molar-refractivity contribution < 1.29 is 0 Å². The molecule has 2 aromatic rings. The van der Waals surface area contributed by atoms with Gasteiger partial charge in [-0.05, 0) is 19.1 Å². The van der Waals surface area contributed by atoms with E-state index in [0.29, 0.717) is 5.82 Å². The number of hydrogen-bond donors (Lipinski definition) is 1. The molecule has 0 atom stereocenters. The number of hydrogen-bond acceptors (Lipinski definition) is 4. The van der Waals surface area contributed by atoms with Crippen molar-refractivity contribution in [2.75, 3.05) is 5.73 Å². The van der Waals surface area contributed by atoms with E-state index in [9.17, 15) is 0 Å². The largest absolute Gasteiger partial charge is 0.383 e. The quantitative estimate of drug-likeness (QED) is 0.751. The van der Waals surface area contributed by atoms with Crippen molar-refractivity contribution in [3.8, 4) is 10.6 Å². The number of thiazole rings is 1. The second-order valence-electron chi connectivity index (χ2n) is 2.70. The van der Waals surface area contributed by atoms with E-state index in [2.05, 4.69) is 9.97 Å². The molecule has 0 aromatic carbocycles. The highest BCUT2D eigenvalue weighted by molar-refractivity contribution is 7.15. The van der Waals surface area contributed by atoms with Crippen LogP contribution in [0.15, 0.2) is 24.5 Å². The molecule has 0 spiro atoms. The van der Waals surface area contributed by atoms with Gasteiger partial charge in [0.05, 0.1) is 0 Å². The molecule has 0 unspecified atom stereocenters. The van der Waals surface area contributed by atoms with Crippen LogP contribution in [0.1, 0.15) is 4.88 Å². The Balaban J connectivity index is 2.48. The predicted octanol–water partition coefficient (Wildman–Crippen LogP) is 2.10. The van der Waals surface area contributed by atoms with Crippen molar-refractivity contribution in [2.24, 2.45) is 0 Å². The molecule has 0 aliphatic carbocycles. The Hall–Kier alpha value is -1.42. The third kappa shape index (κ3) is 1.53. The van der Waals surface area contributed by atoms with E-state index < -0.39 is 0 Å². The van der Waals surface area contributed by atoms with Crippen LogP contribution in [0, 0.1) is 6.92 Å². The van der Waals surface area contributed by atoms with Crippen molar-refractivity contribution in [1.29, 1.82) is 0 Å². The second kappa shape index (κ2) is 3.14. The molecule has 3 nitrogen and oxygen atoms in total. The Morgan fingerprint density at radius 1 is 1.31 bits per heavy atom. The Morgan fingerprint density at radius 3 is 2.54 bits per heavy atom. The average Bonchev–Trinajstić information content (AvgIpc) is 2.49. The van der Waals surface area contributed by atoms with E-state index in [-0.39, 0.29) is 0 Å². The molecule has 2 rings (SSSR count). The summed E-state index contributed by atoms with van der Waals surface area (Å²) in [7, 11) is 0. The van der Waals surface area contributed by atoms with Crippen LogP contribution in [-0.2, 0) is 0 Å². The Kier molecular flexibility index (Phi) is 1.98. The van der Waals surface area contributed by atoms with Gasteiger partial charge in [0.1, 0.15) is 10.8 Å². The van der Waals surface area contributed by atoms with Gasteiger partial charge in [-0.25, -0.2) is 4.98 Å². The van der Waals surface area contributed by atoms with Crippen molar-refractivity contribution in [1.82, 2.24) is 9.97 Å². The summed E-state index contributed by atoms with van der Waals surface area (Å²) in [5.41, 5.74) is 6.73. The highest BCUT2D eigenvalue weighted by Gasteiger charge is 2.05. The summed E-state index contributed by atoms with van der Waals surface area (Å²) in [6, 6.07) is 3.86. The lowest BCUT2D eigenvalue weighted by atomic mass is 10.3. The van der Waals surface area contributed by atoms with Crippen LogP contribution in [0.5, 0.6) is 0 Å². The normalized spacial score (nSPS) is 10.2. The van der Waals surface area contributed by atoms with E-state index in [4.69, 9.17) is 5.73 Å². The lowest BCUT2D eigenvalue weighted by molar-refractivity contribution is 1.32. The van der Waals surface area contributed by atoms with Crippen LogP contribution in [0.25, 0.3) is 10.6 Å². The van der Waals surface area contributed by atoms with E-state index in [1.807, 2.05) is 19.1 Å². The van der Waals surface area contributed by atoms with Crippen molar-refractivity contribution >= 4 is 17.2 Å². The van der Waals surface area contributed by atoms with E-state index >= 15 is 0 Å². The summed E-state index contributed by atoms with van der Waals surface area (Å²) >= 11 is 1.60. The molecule has 4 heteroatoms. The standard InChI is InChI=1S/C9H9N3S/c1-6-8(10)12-9(13-6)7-2-4-11-5-3-7/h2-5H,10H2,1H3. The van der Waals surface area contributed by atoms with E-state index in [0.717, 1.165) is 15.4 Å². The summed E-state index contributed by atoms with van der Waals surface area (Å²) in [6.45, 7) is 1.97. The molecule has 0 saturated carbocycles. The molecule has 13 heavy (non-hydrogen) atoms. The van der Waals surface area contributed by atoms with Crippen LogP contribution in [0.3, 0.4) is 0 Å². The molecular weight excluding hydrogens is 182 g/mol. The number of nitrogen functional groups attached to an aromatic ring is 1. The molecule has 2 N–H and O–H groups in total. The number of anilines is 1. The maximum Gasteiger partial charge on any atom is 0.138 e. The fourth-order valence-electron chi connectivity index (χ4n) is 1.03. The predicted molar refractivity (Wildman–Crippen MR) is 54.5 cm³/mol. The third-order valence-corrected chi connectivity index (χ3v) is 2.80. The zero-order valence-corrected chi connectivity index (χ0v) is 8.01. The van der Waals surface area contributed by atoms with Crippen LogP contribution in [-0.4, -0.2) is 9.97 Å². The molecule has 2 aromatic heterocycles. The number of aryl methyl sites for hydroxylation is 1. The maximum absolute atomic E-state index is 5.66. The van der Waals surface area contributed by atoms with Gasteiger partial charge < -0.3 is 5.73 Å². The zero-order chi connectivity index (χ0) is 9.26. The Morgan fingerprint density at radius 2 is 2.00 bits per heavy atom. The number of pyridine rings is 1. The van der Waals surface area contributed by atoms with Gasteiger partial charge in [0.2, 0.25) is 0 Å². The van der Waals surface area contributed by atoms with Crippen LogP contribution < -0.4 is 5.73 Å². The maximum atomic E-state index is 5.66. The minimum absolute atomic E-state index is 0.622. The lowest BCUT2D eigenvalue weighted by Gasteiger charge is -1.91. The first-order chi connectivity index (χ1) is 6.27. The highest BCUT2D eigenvalue weighted by Crippen LogP contribution is 2.27. The average molecular weight is 191 g/mol. The van der Waals surface area contributed by atoms with Gasteiger partial charge in [-0.2, -0.15) is 0 Å². The molecular formula is C9H9N3S. The fourth-order valence-corrected chi connectivity index (χ4v) is 1.86. The molecule has 0 amide bonds. The van der Waals surface area contributed by atoms with Crippen LogP contribution in [0.4, 0.5) is 5.82 Å². The van der Waals surface area contributed by atoms with E-state index in [1.165, 1.54) is 0 Å². The summed E-state index contributed by atoms with van der Waals surface area (Å²) in [6.07, 6.45) is 3.50. The van der Waals surface area contributed by atoms with Crippen LogP contribution in [0.2, 0.25) is 0 Å². The zero-order valence-electron chi connectivity index (χ0n) is 7.19. The fraction of sp³-hybridized carbons (Fsp3) is 0.111. The highest BCUT2D eigenvalue weighted by atomic mass is 32.1. The number of rotatable bonds is 1. The molecule has 0 bridgehead atoms. The lowest BCUT2D eigenvalue weighted by Crippen LogP contribution is -1.85. The van der Waals surface area contributed by atoms with Gasteiger partial charge in [0, 0.05) is 22.8 Å². The molecule has 66 valence electrons. The molecule has 0 aliphatic rings. The molecule has 0 aliphatic heterocycles. The van der Waals surface area contributed by atoms with Gasteiger partial charge in [-0.1, -0.05) is 0 Å². The summed E-state index contributed by atoms with van der Waals surface area (Å²) in [5, 5.41) is 0.956. The monoisotopic (exact) mass is 191 g/mol. The third-order valence-electron chi connectivity index (χ3n) is 1.76. The summed E-state index contributed by atoms with van der Waals surface area (Å²) in [5.74, 6) is 0.622. The van der Waals surface area contributed by atoms with Crippen LogP contribution >= 0.6 is 11.3 Å². The van der Waals surface area contributed by atoms with Gasteiger partial charge in [0.15, 0.2) is 0 Å². The first kappa shape index (κ1) is 8.19. The molecule has 2 heterocycles. The van der Waals surface area contributed by atoms with Gasteiger partial charge in [-0.15, -0.1) is 11.3 Å². The number of nitrogens with two attached hydrogens (primary N) is 1. The van der Waals surface area contributed by atoms with Crippen molar-refractivity contribution in [3.63, 3.8) is 0 Å². The Bertz CT molecular complexity index is 389. The summed E-state index contributed by atoms with van der Waals surface area (Å²) in [4.78, 5) is 9.26. The molecule has 0 radical (unpaired) electrons. The van der Waals surface area contributed by atoms with Crippen molar-refractivity contribution in [3.05, 3.63) is 29.4 Å². The minimum atomic E-state index is 0.622. The SMILES string of the molecule is Cc1sc(-c2ccncc2)nc1N. The Labute approximate surface area is 80.3 Å². The second-order valence-corrected chi connectivity index (χ2v) is 3.90. The summed E-state index contributed by atoms with van der Waals surface area (Å²) < 4.78 is 0. The smallest absolute Gasteiger partial charge is 0.138 e. The van der Waals surface area contributed by atoms with Gasteiger partial charge in [-0.3, -0.25) is 4.98 Å². The first-order valence-corrected chi connectivity index (χ1v) is 4.72. The number of aromatic nitrogens is 2. The van der Waals surface area contributed by atoms with E-state index in [1.54, 1.807) is 23.7 Å². The van der Waals surface area contributed by atoms with Gasteiger partial charge in [0.25, 0.3) is 0 Å².